The van der Waals surface area contributed by atoms with Crippen LogP contribution in [0.2, 0.25) is 0 Å². The molecule has 1 aromatic carbocycles. The monoisotopic (exact) mass is 264 g/mol. The van der Waals surface area contributed by atoms with Crippen LogP contribution < -0.4 is 0 Å². The summed E-state index contributed by atoms with van der Waals surface area (Å²) in [6.45, 7) is 1.70. The van der Waals surface area contributed by atoms with Crippen molar-refractivity contribution < 1.29 is 18.3 Å². The molecule has 0 amide bonds. The van der Waals surface area contributed by atoms with E-state index < -0.39 is 23.2 Å². The normalized spacial score (nSPS) is 10.0. The van der Waals surface area contributed by atoms with Crippen LogP contribution in [0.15, 0.2) is 16.6 Å². The highest BCUT2D eigenvalue weighted by Gasteiger charge is 2.19. The third-order valence-electron chi connectivity index (χ3n) is 1.52. The fourth-order valence-electron chi connectivity index (χ4n) is 0.917. The van der Waals surface area contributed by atoms with Crippen molar-refractivity contribution in [1.82, 2.24) is 0 Å². The average molecular weight is 265 g/mol. The standard InChI is InChI=1S/C9H7BrF2O2/c1-2-14-9(13)7-5(11)3-4-6(12)8(7)10/h3-4H,2H2,1H3. The van der Waals surface area contributed by atoms with E-state index in [1.165, 1.54) is 0 Å². The SMILES string of the molecule is CCOC(=O)c1c(F)ccc(F)c1Br. The summed E-state index contributed by atoms with van der Waals surface area (Å²) in [7, 11) is 0. The molecular formula is C9H7BrF2O2. The number of carbonyl (C=O) groups excluding carboxylic acids is 1. The Morgan fingerprint density at radius 1 is 1.43 bits per heavy atom. The highest BCUT2D eigenvalue weighted by molar-refractivity contribution is 9.10. The first-order valence-corrected chi connectivity index (χ1v) is 4.67. The van der Waals surface area contributed by atoms with Crippen LogP contribution >= 0.6 is 15.9 Å². The summed E-state index contributed by atoms with van der Waals surface area (Å²) in [5.74, 6) is -2.39. The van der Waals surface area contributed by atoms with E-state index in [0.29, 0.717) is 0 Å². The van der Waals surface area contributed by atoms with Gasteiger partial charge in [-0.15, -0.1) is 0 Å². The highest BCUT2D eigenvalue weighted by Crippen LogP contribution is 2.23. The smallest absolute Gasteiger partial charge is 0.342 e. The maximum Gasteiger partial charge on any atom is 0.342 e. The summed E-state index contributed by atoms with van der Waals surface area (Å²) in [5, 5.41) is 0. The Hall–Kier alpha value is -0.970. The molecule has 0 bridgehead atoms. The van der Waals surface area contributed by atoms with Gasteiger partial charge in [0.2, 0.25) is 0 Å². The molecule has 0 aliphatic heterocycles. The quantitative estimate of drug-likeness (QED) is 0.607. The van der Waals surface area contributed by atoms with Crippen LogP contribution in [0.4, 0.5) is 8.78 Å². The van der Waals surface area contributed by atoms with E-state index in [1.54, 1.807) is 6.92 Å². The van der Waals surface area contributed by atoms with Gasteiger partial charge >= 0.3 is 5.97 Å². The van der Waals surface area contributed by atoms with Gasteiger partial charge in [0, 0.05) is 0 Å². The fraction of sp³-hybridized carbons (Fsp3) is 0.222. The summed E-state index contributed by atoms with van der Waals surface area (Å²) in [4.78, 5) is 11.2. The average Bonchev–Trinajstić information content (AvgIpc) is 2.13. The Kier molecular flexibility index (Phi) is 3.57. The fourth-order valence-corrected chi connectivity index (χ4v) is 1.40. The van der Waals surface area contributed by atoms with E-state index in [-0.39, 0.29) is 11.1 Å². The van der Waals surface area contributed by atoms with E-state index in [1.807, 2.05) is 0 Å². The summed E-state index contributed by atoms with van der Waals surface area (Å²) in [5.41, 5.74) is -0.410. The second-order valence-corrected chi connectivity index (χ2v) is 3.23. The third-order valence-corrected chi connectivity index (χ3v) is 2.30. The van der Waals surface area contributed by atoms with Crippen LogP contribution in [-0.4, -0.2) is 12.6 Å². The minimum absolute atomic E-state index is 0.112. The predicted molar refractivity (Wildman–Crippen MR) is 50.0 cm³/mol. The lowest BCUT2D eigenvalue weighted by molar-refractivity contribution is 0.0519. The number of esters is 1. The van der Waals surface area contributed by atoms with Crippen molar-refractivity contribution >= 4 is 21.9 Å². The number of hydrogen-bond donors (Lipinski definition) is 0. The maximum absolute atomic E-state index is 13.1. The van der Waals surface area contributed by atoms with Gasteiger partial charge in [0.1, 0.15) is 17.2 Å². The molecule has 0 unspecified atom stereocenters. The van der Waals surface area contributed by atoms with E-state index >= 15 is 0 Å². The molecule has 0 spiro atoms. The molecule has 1 aromatic rings. The van der Waals surface area contributed by atoms with Gasteiger partial charge in [-0.25, -0.2) is 13.6 Å². The molecule has 2 nitrogen and oxygen atoms in total. The topological polar surface area (TPSA) is 26.3 Å². The molecule has 14 heavy (non-hydrogen) atoms. The molecule has 0 saturated carbocycles. The van der Waals surface area contributed by atoms with E-state index in [4.69, 9.17) is 0 Å². The molecule has 0 saturated heterocycles. The first-order valence-electron chi connectivity index (χ1n) is 3.88. The molecule has 0 aromatic heterocycles. The molecule has 0 radical (unpaired) electrons. The maximum atomic E-state index is 13.1. The molecule has 0 aliphatic rings. The molecule has 76 valence electrons. The van der Waals surface area contributed by atoms with Gasteiger partial charge in [-0.3, -0.25) is 0 Å². The van der Waals surface area contributed by atoms with Gasteiger partial charge in [-0.05, 0) is 35.0 Å². The van der Waals surface area contributed by atoms with E-state index in [9.17, 15) is 13.6 Å². The largest absolute Gasteiger partial charge is 0.462 e. The summed E-state index contributed by atoms with van der Waals surface area (Å²) in [6, 6.07) is 1.81. The van der Waals surface area contributed by atoms with Crippen LogP contribution in [0.3, 0.4) is 0 Å². The molecule has 0 fully saturated rings. The molecule has 0 N–H and O–H groups in total. The summed E-state index contributed by atoms with van der Waals surface area (Å²) >= 11 is 2.79. The van der Waals surface area contributed by atoms with Crippen LogP contribution in [0.5, 0.6) is 0 Å². The number of benzene rings is 1. The number of ether oxygens (including phenoxy) is 1. The van der Waals surface area contributed by atoms with Gasteiger partial charge in [0.05, 0.1) is 11.1 Å². The first-order chi connectivity index (χ1) is 6.57. The lowest BCUT2D eigenvalue weighted by Gasteiger charge is -2.05. The van der Waals surface area contributed by atoms with Crippen molar-refractivity contribution in [3.63, 3.8) is 0 Å². The second kappa shape index (κ2) is 4.50. The van der Waals surface area contributed by atoms with Crippen molar-refractivity contribution in [3.05, 3.63) is 33.8 Å². The van der Waals surface area contributed by atoms with E-state index in [2.05, 4.69) is 20.7 Å². The van der Waals surface area contributed by atoms with Crippen molar-refractivity contribution in [1.29, 1.82) is 0 Å². The Morgan fingerprint density at radius 2 is 2.00 bits per heavy atom. The van der Waals surface area contributed by atoms with Crippen molar-refractivity contribution in [3.8, 4) is 0 Å². The number of rotatable bonds is 2. The molecule has 5 heteroatoms. The Morgan fingerprint density at radius 3 is 2.57 bits per heavy atom. The molecule has 0 aliphatic carbocycles. The van der Waals surface area contributed by atoms with Crippen LogP contribution in [0, 0.1) is 11.6 Å². The molecule has 0 atom stereocenters. The zero-order valence-corrected chi connectivity index (χ0v) is 8.90. The van der Waals surface area contributed by atoms with Crippen LogP contribution in [0.1, 0.15) is 17.3 Å². The van der Waals surface area contributed by atoms with Crippen molar-refractivity contribution in [2.75, 3.05) is 6.61 Å². The predicted octanol–water partition coefficient (Wildman–Crippen LogP) is 2.90. The highest BCUT2D eigenvalue weighted by atomic mass is 79.9. The number of carbonyl (C=O) groups is 1. The van der Waals surface area contributed by atoms with Crippen LogP contribution in [-0.2, 0) is 4.74 Å². The van der Waals surface area contributed by atoms with Gasteiger partial charge in [0.25, 0.3) is 0 Å². The van der Waals surface area contributed by atoms with E-state index in [0.717, 1.165) is 12.1 Å². The minimum atomic E-state index is -0.878. The molecule has 0 heterocycles. The van der Waals surface area contributed by atoms with Gasteiger partial charge in [0.15, 0.2) is 0 Å². The Balaban J connectivity index is 3.18. The van der Waals surface area contributed by atoms with Crippen molar-refractivity contribution in [2.45, 2.75) is 6.92 Å². The van der Waals surface area contributed by atoms with Gasteiger partial charge in [-0.1, -0.05) is 0 Å². The van der Waals surface area contributed by atoms with Gasteiger partial charge in [-0.2, -0.15) is 0 Å². The van der Waals surface area contributed by atoms with Crippen molar-refractivity contribution in [2.24, 2.45) is 0 Å². The summed E-state index contributed by atoms with van der Waals surface area (Å²) in [6.07, 6.45) is 0. The number of halogens is 3. The number of hydrogen-bond acceptors (Lipinski definition) is 2. The van der Waals surface area contributed by atoms with Gasteiger partial charge < -0.3 is 4.74 Å². The zero-order valence-electron chi connectivity index (χ0n) is 7.31. The molecular weight excluding hydrogens is 258 g/mol. The lowest BCUT2D eigenvalue weighted by atomic mass is 10.2. The van der Waals surface area contributed by atoms with Crippen LogP contribution in [0.25, 0.3) is 0 Å². The lowest BCUT2D eigenvalue weighted by Crippen LogP contribution is -2.09. The summed E-state index contributed by atoms with van der Waals surface area (Å²) < 4.78 is 30.4. The molecule has 1 rings (SSSR count). The Bertz CT molecular complexity index is 366. The Labute approximate surface area is 88.0 Å². The second-order valence-electron chi connectivity index (χ2n) is 2.44. The third kappa shape index (κ3) is 2.09. The first kappa shape index (κ1) is 11.1. The minimum Gasteiger partial charge on any atom is -0.462 e. The zero-order chi connectivity index (χ0) is 10.7.